The normalized spacial score (nSPS) is 15.1. The lowest BCUT2D eigenvalue weighted by Gasteiger charge is -2.19. The summed E-state index contributed by atoms with van der Waals surface area (Å²) in [5.41, 5.74) is 4.93. The summed E-state index contributed by atoms with van der Waals surface area (Å²) in [7, 11) is 0. The molecule has 100 valence electrons. The quantitative estimate of drug-likeness (QED) is 0.620. The lowest BCUT2D eigenvalue weighted by atomic mass is 10.2. The molecule has 5 nitrogen and oxygen atoms in total. The Hall–Kier alpha value is -1.31. The first kappa shape index (κ1) is 15.7. The fraction of sp³-hybridized carbons (Fsp3) is 0.778. The molecular formula is C9H16F3N3O2. The molecule has 0 rings (SSSR count). The van der Waals surface area contributed by atoms with Crippen molar-refractivity contribution in [2.45, 2.75) is 38.5 Å². The van der Waals surface area contributed by atoms with Crippen molar-refractivity contribution in [3.63, 3.8) is 0 Å². The van der Waals surface area contributed by atoms with Crippen molar-refractivity contribution in [1.82, 2.24) is 10.6 Å². The molecule has 0 saturated carbocycles. The summed E-state index contributed by atoms with van der Waals surface area (Å²) >= 11 is 0. The molecule has 0 aliphatic carbocycles. The zero-order valence-electron chi connectivity index (χ0n) is 9.60. The molecule has 0 aromatic heterocycles. The molecule has 0 aromatic rings. The van der Waals surface area contributed by atoms with Crippen molar-refractivity contribution in [3.8, 4) is 0 Å². The molecule has 2 unspecified atom stereocenters. The number of hydrogen-bond acceptors (Lipinski definition) is 3. The third kappa shape index (κ3) is 8.49. The highest BCUT2D eigenvalue weighted by atomic mass is 19.4. The predicted molar refractivity (Wildman–Crippen MR) is 54.9 cm³/mol. The molecule has 17 heavy (non-hydrogen) atoms. The Morgan fingerprint density at radius 2 is 1.82 bits per heavy atom. The van der Waals surface area contributed by atoms with Crippen LogP contribution in [0.3, 0.4) is 0 Å². The third-order valence-corrected chi connectivity index (χ3v) is 1.90. The van der Waals surface area contributed by atoms with E-state index in [-0.39, 0.29) is 12.5 Å². The molecule has 2 amide bonds. The third-order valence-electron chi connectivity index (χ3n) is 1.90. The van der Waals surface area contributed by atoms with E-state index in [9.17, 15) is 22.8 Å². The average molecular weight is 255 g/mol. The number of carbonyl (C=O) groups is 2. The van der Waals surface area contributed by atoms with E-state index in [0.29, 0.717) is 0 Å². The smallest absolute Gasteiger partial charge is 0.370 e. The highest BCUT2D eigenvalue weighted by Crippen LogP contribution is 2.12. The summed E-state index contributed by atoms with van der Waals surface area (Å²) in [4.78, 5) is 21.8. The Morgan fingerprint density at radius 3 is 2.24 bits per heavy atom. The molecule has 0 radical (unpaired) electrons. The number of alkyl halides is 3. The minimum absolute atomic E-state index is 0.0108. The number of hydrogen-bond donors (Lipinski definition) is 3. The SMILES string of the molecule is CC(CC(N)=O)NC(C)C(=O)NCC(F)(F)F. The van der Waals surface area contributed by atoms with Crippen molar-refractivity contribution in [2.75, 3.05) is 6.54 Å². The number of primary amides is 1. The molecule has 2 atom stereocenters. The topological polar surface area (TPSA) is 84.2 Å². The first-order valence-electron chi connectivity index (χ1n) is 5.00. The first-order chi connectivity index (χ1) is 7.61. The lowest BCUT2D eigenvalue weighted by molar-refractivity contribution is -0.139. The summed E-state index contributed by atoms with van der Waals surface area (Å²) < 4.78 is 35.5. The van der Waals surface area contributed by atoms with Crippen LogP contribution in [0.1, 0.15) is 20.3 Å². The van der Waals surface area contributed by atoms with Gasteiger partial charge < -0.3 is 16.4 Å². The Bertz CT molecular complexity index is 281. The molecular weight excluding hydrogens is 239 g/mol. The van der Waals surface area contributed by atoms with Crippen molar-refractivity contribution >= 4 is 11.8 Å². The van der Waals surface area contributed by atoms with E-state index in [0.717, 1.165) is 0 Å². The van der Waals surface area contributed by atoms with Gasteiger partial charge in [-0.3, -0.25) is 9.59 Å². The second-order valence-corrected chi connectivity index (χ2v) is 3.79. The molecule has 0 aliphatic rings. The van der Waals surface area contributed by atoms with Crippen molar-refractivity contribution in [3.05, 3.63) is 0 Å². The van der Waals surface area contributed by atoms with E-state index in [1.807, 2.05) is 0 Å². The van der Waals surface area contributed by atoms with Gasteiger partial charge >= 0.3 is 6.18 Å². The maximum atomic E-state index is 11.8. The minimum atomic E-state index is -4.44. The maximum Gasteiger partial charge on any atom is 0.405 e. The molecule has 0 fully saturated rings. The van der Waals surface area contributed by atoms with Gasteiger partial charge in [-0.2, -0.15) is 13.2 Å². The van der Waals surface area contributed by atoms with Crippen LogP contribution < -0.4 is 16.4 Å². The average Bonchev–Trinajstić information content (AvgIpc) is 2.11. The van der Waals surface area contributed by atoms with Crippen molar-refractivity contribution in [2.24, 2.45) is 5.73 Å². The highest BCUT2D eigenvalue weighted by molar-refractivity contribution is 5.81. The molecule has 0 saturated heterocycles. The second kappa shape index (κ2) is 6.43. The fourth-order valence-electron chi connectivity index (χ4n) is 1.20. The summed E-state index contributed by atoms with van der Waals surface area (Å²) in [6.07, 6.45) is -4.43. The van der Waals surface area contributed by atoms with Crippen LogP contribution in [0.5, 0.6) is 0 Å². The number of carbonyl (C=O) groups excluding carboxylic acids is 2. The van der Waals surface area contributed by atoms with Gasteiger partial charge in [-0.05, 0) is 13.8 Å². The maximum absolute atomic E-state index is 11.8. The van der Waals surface area contributed by atoms with Gasteiger partial charge in [0.2, 0.25) is 11.8 Å². The van der Waals surface area contributed by atoms with Gasteiger partial charge in [0.25, 0.3) is 0 Å². The van der Waals surface area contributed by atoms with E-state index in [4.69, 9.17) is 5.73 Å². The summed E-state index contributed by atoms with van der Waals surface area (Å²) in [6.45, 7) is 1.64. The van der Waals surface area contributed by atoms with E-state index in [1.54, 1.807) is 12.2 Å². The number of amides is 2. The van der Waals surface area contributed by atoms with Crippen LogP contribution in [0.2, 0.25) is 0 Å². The van der Waals surface area contributed by atoms with Crippen molar-refractivity contribution in [1.29, 1.82) is 0 Å². The number of halogens is 3. The van der Waals surface area contributed by atoms with Crippen LogP contribution in [0.4, 0.5) is 13.2 Å². The fourth-order valence-corrected chi connectivity index (χ4v) is 1.20. The van der Waals surface area contributed by atoms with E-state index >= 15 is 0 Å². The van der Waals surface area contributed by atoms with Gasteiger partial charge in [-0.15, -0.1) is 0 Å². The van der Waals surface area contributed by atoms with Gasteiger partial charge in [0.15, 0.2) is 0 Å². The van der Waals surface area contributed by atoms with E-state index in [2.05, 4.69) is 5.32 Å². The zero-order valence-corrected chi connectivity index (χ0v) is 9.60. The van der Waals surface area contributed by atoms with Crippen LogP contribution in [-0.2, 0) is 9.59 Å². The van der Waals surface area contributed by atoms with Gasteiger partial charge in [0, 0.05) is 12.5 Å². The molecule has 4 N–H and O–H groups in total. The predicted octanol–water partition coefficient (Wildman–Crippen LogP) is -0.0931. The van der Waals surface area contributed by atoms with E-state index in [1.165, 1.54) is 6.92 Å². The Kier molecular flexibility index (Phi) is 5.94. The first-order valence-corrected chi connectivity index (χ1v) is 5.00. The summed E-state index contributed by atoms with van der Waals surface area (Å²) in [5, 5.41) is 4.41. The van der Waals surface area contributed by atoms with Crippen molar-refractivity contribution < 1.29 is 22.8 Å². The molecule has 0 heterocycles. The monoisotopic (exact) mass is 255 g/mol. The van der Waals surface area contributed by atoms with Crippen LogP contribution >= 0.6 is 0 Å². The summed E-state index contributed by atoms with van der Waals surface area (Å²) in [5.74, 6) is -1.33. The van der Waals surface area contributed by atoms with Crippen LogP contribution in [0.25, 0.3) is 0 Å². The molecule has 0 bridgehead atoms. The summed E-state index contributed by atoms with van der Waals surface area (Å²) in [6, 6.07) is -1.20. The molecule has 0 spiro atoms. The van der Waals surface area contributed by atoms with Gasteiger partial charge in [0.1, 0.15) is 6.54 Å². The number of nitrogens with one attached hydrogen (secondary N) is 2. The van der Waals surface area contributed by atoms with Gasteiger partial charge in [-0.1, -0.05) is 0 Å². The van der Waals surface area contributed by atoms with E-state index < -0.39 is 30.6 Å². The standard InChI is InChI=1S/C9H16F3N3O2/c1-5(3-7(13)16)15-6(2)8(17)14-4-9(10,11)12/h5-6,15H,3-4H2,1-2H3,(H2,13,16)(H,14,17). The zero-order chi connectivity index (χ0) is 13.6. The number of nitrogens with two attached hydrogens (primary N) is 1. The Labute approximate surface area is 96.9 Å². The highest BCUT2D eigenvalue weighted by Gasteiger charge is 2.28. The van der Waals surface area contributed by atoms with Crippen LogP contribution in [0.15, 0.2) is 0 Å². The van der Waals surface area contributed by atoms with Crippen LogP contribution in [-0.4, -0.2) is 36.6 Å². The molecule has 0 aromatic carbocycles. The largest absolute Gasteiger partial charge is 0.405 e. The minimum Gasteiger partial charge on any atom is -0.370 e. The Balaban J connectivity index is 4.01. The lowest BCUT2D eigenvalue weighted by Crippen LogP contribution is -2.48. The van der Waals surface area contributed by atoms with Gasteiger partial charge in [0.05, 0.1) is 6.04 Å². The Morgan fingerprint density at radius 1 is 1.29 bits per heavy atom. The van der Waals surface area contributed by atoms with Gasteiger partial charge in [-0.25, -0.2) is 0 Å². The second-order valence-electron chi connectivity index (χ2n) is 3.79. The molecule has 0 aliphatic heterocycles. The number of rotatable bonds is 6. The molecule has 8 heteroatoms. The van der Waals surface area contributed by atoms with Crippen LogP contribution in [0, 0.1) is 0 Å².